The number of nitrogens with zero attached hydrogens (tertiary/aromatic N) is 4. The number of rotatable bonds is 2. The third kappa shape index (κ3) is 1.73. The van der Waals surface area contributed by atoms with Gasteiger partial charge >= 0.3 is 0 Å². The molecule has 78 valence electrons. The predicted molar refractivity (Wildman–Crippen MR) is 56.5 cm³/mol. The quantitative estimate of drug-likeness (QED) is 0.781. The summed E-state index contributed by atoms with van der Waals surface area (Å²) in [6.07, 6.45) is 1.76. The Bertz CT molecular complexity index is 457. The zero-order valence-corrected chi connectivity index (χ0v) is 8.81. The Hall–Kier alpha value is -1.75. The first-order valence-electron chi connectivity index (χ1n) is 4.76. The van der Waals surface area contributed by atoms with Gasteiger partial charge in [-0.2, -0.15) is 10.2 Å². The van der Waals surface area contributed by atoms with Crippen molar-refractivity contribution in [2.45, 2.75) is 20.4 Å². The van der Waals surface area contributed by atoms with Gasteiger partial charge in [-0.25, -0.2) is 4.68 Å². The molecule has 2 aromatic heterocycles. The summed E-state index contributed by atoms with van der Waals surface area (Å²) >= 11 is 0. The Morgan fingerprint density at radius 1 is 1.27 bits per heavy atom. The Kier molecular flexibility index (Phi) is 2.47. The lowest BCUT2D eigenvalue weighted by Crippen LogP contribution is -2.05. The van der Waals surface area contributed by atoms with Crippen LogP contribution in [0.4, 0.5) is 0 Å². The molecule has 0 aromatic carbocycles. The van der Waals surface area contributed by atoms with E-state index in [0.717, 1.165) is 22.8 Å². The lowest BCUT2D eigenvalue weighted by atomic mass is 10.3. The molecule has 0 aliphatic rings. The molecule has 15 heavy (non-hydrogen) atoms. The molecule has 2 N–H and O–H groups in total. The molecular formula is C10H13N5. The Morgan fingerprint density at radius 3 is 2.60 bits per heavy atom. The molecule has 0 saturated carbocycles. The Balaban J connectivity index is 2.45. The van der Waals surface area contributed by atoms with Crippen LogP contribution in [0.1, 0.15) is 17.0 Å². The van der Waals surface area contributed by atoms with Gasteiger partial charge in [-0.1, -0.05) is 0 Å². The van der Waals surface area contributed by atoms with Crippen LogP contribution < -0.4 is 5.73 Å². The molecule has 0 aliphatic carbocycles. The van der Waals surface area contributed by atoms with Crippen LogP contribution in [0.15, 0.2) is 18.3 Å². The van der Waals surface area contributed by atoms with E-state index in [4.69, 9.17) is 5.73 Å². The number of aryl methyl sites for hydroxylation is 1. The van der Waals surface area contributed by atoms with Crippen LogP contribution in [-0.2, 0) is 6.54 Å². The number of nitrogens with two attached hydrogens (primary N) is 1. The largest absolute Gasteiger partial charge is 0.326 e. The summed E-state index contributed by atoms with van der Waals surface area (Å²) in [7, 11) is 0. The van der Waals surface area contributed by atoms with Gasteiger partial charge in [0.15, 0.2) is 5.82 Å². The molecular weight excluding hydrogens is 190 g/mol. The maximum Gasteiger partial charge on any atom is 0.175 e. The highest BCUT2D eigenvalue weighted by Crippen LogP contribution is 2.10. The second-order valence-corrected chi connectivity index (χ2v) is 3.40. The zero-order valence-electron chi connectivity index (χ0n) is 8.81. The van der Waals surface area contributed by atoms with Crippen molar-refractivity contribution in [2.24, 2.45) is 5.73 Å². The van der Waals surface area contributed by atoms with Gasteiger partial charge in [0.2, 0.25) is 0 Å². The van der Waals surface area contributed by atoms with Crippen LogP contribution in [0.25, 0.3) is 5.82 Å². The third-order valence-corrected chi connectivity index (χ3v) is 2.33. The van der Waals surface area contributed by atoms with E-state index < -0.39 is 0 Å². The molecule has 5 heteroatoms. The van der Waals surface area contributed by atoms with E-state index in [2.05, 4.69) is 15.3 Å². The molecule has 0 atom stereocenters. The predicted octanol–water partition coefficient (Wildman–Crippen LogP) is 0.738. The van der Waals surface area contributed by atoms with Crippen molar-refractivity contribution in [2.75, 3.05) is 0 Å². The maximum absolute atomic E-state index is 5.58. The van der Waals surface area contributed by atoms with E-state index >= 15 is 0 Å². The highest BCUT2D eigenvalue weighted by Gasteiger charge is 2.07. The van der Waals surface area contributed by atoms with Crippen LogP contribution in [0.3, 0.4) is 0 Å². The molecule has 2 heterocycles. The van der Waals surface area contributed by atoms with Crippen molar-refractivity contribution in [3.8, 4) is 5.82 Å². The molecule has 2 rings (SSSR count). The van der Waals surface area contributed by atoms with E-state index in [1.54, 1.807) is 10.9 Å². The molecule has 0 spiro atoms. The monoisotopic (exact) mass is 203 g/mol. The van der Waals surface area contributed by atoms with E-state index in [9.17, 15) is 0 Å². The van der Waals surface area contributed by atoms with Gasteiger partial charge in [0.25, 0.3) is 0 Å². The van der Waals surface area contributed by atoms with Gasteiger partial charge < -0.3 is 5.73 Å². The first-order chi connectivity index (χ1) is 7.22. The number of aromatic nitrogens is 4. The van der Waals surface area contributed by atoms with Crippen LogP contribution in [0.5, 0.6) is 0 Å². The minimum Gasteiger partial charge on any atom is -0.326 e. The highest BCUT2D eigenvalue weighted by molar-refractivity contribution is 5.27. The van der Waals surface area contributed by atoms with Crippen LogP contribution in [0.2, 0.25) is 0 Å². The van der Waals surface area contributed by atoms with E-state index in [-0.39, 0.29) is 0 Å². The Morgan fingerprint density at radius 2 is 2.07 bits per heavy atom. The molecule has 5 nitrogen and oxygen atoms in total. The lowest BCUT2D eigenvalue weighted by molar-refractivity contribution is 0.782. The van der Waals surface area contributed by atoms with Crippen molar-refractivity contribution in [1.29, 1.82) is 0 Å². The smallest absolute Gasteiger partial charge is 0.175 e. The fourth-order valence-corrected chi connectivity index (χ4v) is 1.38. The van der Waals surface area contributed by atoms with Gasteiger partial charge in [0.05, 0.1) is 11.9 Å². The molecule has 0 radical (unpaired) electrons. The van der Waals surface area contributed by atoms with E-state index in [1.165, 1.54) is 0 Å². The van der Waals surface area contributed by atoms with Crippen molar-refractivity contribution in [1.82, 2.24) is 20.0 Å². The van der Waals surface area contributed by atoms with Gasteiger partial charge in [-0.05, 0) is 26.0 Å². The van der Waals surface area contributed by atoms with Crippen molar-refractivity contribution in [3.63, 3.8) is 0 Å². The minimum atomic E-state index is 0.491. The molecule has 0 saturated heterocycles. The summed E-state index contributed by atoms with van der Waals surface area (Å²) in [4.78, 5) is 0. The fourth-order valence-electron chi connectivity index (χ4n) is 1.38. The molecule has 0 amide bonds. The topological polar surface area (TPSA) is 69.6 Å². The standard InChI is InChI=1S/C10H13N5/c1-7-3-4-10(14-13-7)15-8(2)9(5-11)6-12-15/h3-4,6H,5,11H2,1-2H3. The first-order valence-corrected chi connectivity index (χ1v) is 4.76. The van der Waals surface area contributed by atoms with Gasteiger partial charge in [-0.15, -0.1) is 5.10 Å². The van der Waals surface area contributed by atoms with Crippen LogP contribution in [0, 0.1) is 13.8 Å². The van der Waals surface area contributed by atoms with E-state index in [0.29, 0.717) is 6.54 Å². The normalized spacial score (nSPS) is 10.6. The molecule has 2 aromatic rings. The number of hydrogen-bond acceptors (Lipinski definition) is 4. The highest BCUT2D eigenvalue weighted by atomic mass is 15.3. The molecule has 0 fully saturated rings. The molecule has 0 aliphatic heterocycles. The summed E-state index contributed by atoms with van der Waals surface area (Å²) in [5, 5.41) is 12.3. The SMILES string of the molecule is Cc1ccc(-n2ncc(CN)c2C)nn1. The summed E-state index contributed by atoms with van der Waals surface area (Å²) in [5.74, 6) is 0.720. The third-order valence-electron chi connectivity index (χ3n) is 2.33. The average Bonchev–Trinajstić information content (AvgIpc) is 2.61. The lowest BCUT2D eigenvalue weighted by Gasteiger charge is -2.02. The Labute approximate surface area is 87.9 Å². The summed E-state index contributed by atoms with van der Waals surface area (Å²) in [6, 6.07) is 3.80. The van der Waals surface area contributed by atoms with Gasteiger partial charge in [-0.3, -0.25) is 0 Å². The average molecular weight is 203 g/mol. The van der Waals surface area contributed by atoms with Crippen molar-refractivity contribution >= 4 is 0 Å². The molecule has 0 unspecified atom stereocenters. The van der Waals surface area contributed by atoms with E-state index in [1.807, 2.05) is 26.0 Å². The van der Waals surface area contributed by atoms with Crippen molar-refractivity contribution in [3.05, 3.63) is 35.3 Å². The summed E-state index contributed by atoms with van der Waals surface area (Å²) in [6.45, 7) is 4.36. The van der Waals surface area contributed by atoms with Gasteiger partial charge in [0, 0.05) is 17.8 Å². The van der Waals surface area contributed by atoms with Crippen molar-refractivity contribution < 1.29 is 0 Å². The first kappa shape index (κ1) is 9.79. The molecule has 0 bridgehead atoms. The van der Waals surface area contributed by atoms with Gasteiger partial charge in [0.1, 0.15) is 0 Å². The minimum absolute atomic E-state index is 0.491. The zero-order chi connectivity index (χ0) is 10.8. The second-order valence-electron chi connectivity index (χ2n) is 3.40. The van der Waals surface area contributed by atoms with Crippen LogP contribution >= 0.6 is 0 Å². The second kappa shape index (κ2) is 3.78. The fraction of sp³-hybridized carbons (Fsp3) is 0.300. The van der Waals surface area contributed by atoms with Crippen LogP contribution in [-0.4, -0.2) is 20.0 Å². The number of hydrogen-bond donors (Lipinski definition) is 1. The maximum atomic E-state index is 5.58. The summed E-state index contributed by atoms with van der Waals surface area (Å²) in [5.41, 5.74) is 8.50. The summed E-state index contributed by atoms with van der Waals surface area (Å²) < 4.78 is 1.74.